The predicted molar refractivity (Wildman–Crippen MR) is 75.1 cm³/mol. The molecule has 19 heavy (non-hydrogen) atoms. The number of carbonyl (C=O) groups is 2. The van der Waals surface area contributed by atoms with Crippen molar-refractivity contribution in [2.24, 2.45) is 16.7 Å². The minimum Gasteiger partial charge on any atom is -0.481 e. The zero-order valence-corrected chi connectivity index (χ0v) is 12.8. The molecule has 112 valence electrons. The van der Waals surface area contributed by atoms with Crippen LogP contribution in [0.25, 0.3) is 0 Å². The first kappa shape index (κ1) is 17.9. The van der Waals surface area contributed by atoms with Crippen molar-refractivity contribution in [2.45, 2.75) is 66.7 Å². The second-order valence-corrected chi connectivity index (χ2v) is 6.48. The summed E-state index contributed by atoms with van der Waals surface area (Å²) < 4.78 is 0. The molecule has 0 heterocycles. The number of carboxylic acid groups (broad SMARTS) is 2. The van der Waals surface area contributed by atoms with Crippen molar-refractivity contribution >= 4 is 11.9 Å². The van der Waals surface area contributed by atoms with Crippen molar-refractivity contribution in [3.8, 4) is 0 Å². The Kier molecular flexibility index (Phi) is 6.53. The molecule has 0 aromatic rings. The van der Waals surface area contributed by atoms with Crippen LogP contribution in [0.2, 0.25) is 0 Å². The lowest BCUT2D eigenvalue weighted by Crippen LogP contribution is -2.42. The lowest BCUT2D eigenvalue weighted by molar-refractivity contribution is -0.157. The zero-order valence-electron chi connectivity index (χ0n) is 12.8. The van der Waals surface area contributed by atoms with Gasteiger partial charge in [0.2, 0.25) is 0 Å². The summed E-state index contributed by atoms with van der Waals surface area (Å²) in [4.78, 5) is 22.4. The first-order chi connectivity index (χ1) is 8.58. The van der Waals surface area contributed by atoms with Crippen molar-refractivity contribution in [3.05, 3.63) is 0 Å². The molecule has 0 aliphatic heterocycles. The minimum absolute atomic E-state index is 0.300. The van der Waals surface area contributed by atoms with Gasteiger partial charge in [-0.3, -0.25) is 9.59 Å². The van der Waals surface area contributed by atoms with E-state index in [1.165, 1.54) is 0 Å². The van der Waals surface area contributed by atoms with Crippen LogP contribution in [0.15, 0.2) is 0 Å². The standard InChI is InChI=1S/C15H28O4/c1-6-15(13(18)19,14(3,4)5)10-8-7-9-11(2)12(16)17/h11H,6-10H2,1-5H3,(H,16,17)(H,18,19). The summed E-state index contributed by atoms with van der Waals surface area (Å²) in [5.74, 6) is -1.87. The average Bonchev–Trinajstić information content (AvgIpc) is 2.26. The quantitative estimate of drug-likeness (QED) is 0.659. The number of unbranched alkanes of at least 4 members (excludes halogenated alkanes) is 1. The second kappa shape index (κ2) is 6.92. The highest BCUT2D eigenvalue weighted by Gasteiger charge is 2.46. The molecule has 0 saturated carbocycles. The lowest BCUT2D eigenvalue weighted by Gasteiger charge is -2.41. The third-order valence-corrected chi connectivity index (χ3v) is 4.36. The van der Waals surface area contributed by atoms with Gasteiger partial charge in [-0.1, -0.05) is 47.5 Å². The monoisotopic (exact) mass is 272 g/mol. The topological polar surface area (TPSA) is 74.6 Å². The third-order valence-electron chi connectivity index (χ3n) is 4.36. The maximum absolute atomic E-state index is 11.6. The van der Waals surface area contributed by atoms with Crippen LogP contribution in [0.5, 0.6) is 0 Å². The maximum Gasteiger partial charge on any atom is 0.310 e. The Balaban J connectivity index is 4.54. The van der Waals surface area contributed by atoms with Crippen molar-refractivity contribution in [1.82, 2.24) is 0 Å². The SMILES string of the molecule is CCC(CCCCC(C)C(=O)O)(C(=O)O)C(C)(C)C. The van der Waals surface area contributed by atoms with E-state index in [1.807, 2.05) is 27.7 Å². The van der Waals surface area contributed by atoms with E-state index in [1.54, 1.807) is 6.92 Å². The summed E-state index contributed by atoms with van der Waals surface area (Å²) in [6.07, 6.45) is 3.33. The van der Waals surface area contributed by atoms with Crippen molar-refractivity contribution in [2.75, 3.05) is 0 Å². The van der Waals surface area contributed by atoms with Gasteiger partial charge < -0.3 is 10.2 Å². The molecule has 0 aliphatic carbocycles. The van der Waals surface area contributed by atoms with E-state index in [2.05, 4.69) is 0 Å². The van der Waals surface area contributed by atoms with Gasteiger partial charge in [0.25, 0.3) is 0 Å². The number of aliphatic carboxylic acids is 2. The van der Waals surface area contributed by atoms with Gasteiger partial charge >= 0.3 is 11.9 Å². The first-order valence-corrected chi connectivity index (χ1v) is 7.04. The van der Waals surface area contributed by atoms with E-state index in [4.69, 9.17) is 5.11 Å². The molecule has 0 radical (unpaired) electrons. The summed E-state index contributed by atoms with van der Waals surface area (Å²) in [5.41, 5.74) is -1.02. The molecule has 2 unspecified atom stereocenters. The molecule has 0 rings (SSSR count). The largest absolute Gasteiger partial charge is 0.481 e. The minimum atomic E-state index is -0.782. The predicted octanol–water partition coefficient (Wildman–Crippen LogP) is 3.79. The fourth-order valence-corrected chi connectivity index (χ4v) is 2.66. The molecule has 0 spiro atoms. The number of hydrogen-bond donors (Lipinski definition) is 2. The van der Waals surface area contributed by atoms with E-state index < -0.39 is 17.4 Å². The van der Waals surface area contributed by atoms with Gasteiger partial charge in [0.05, 0.1) is 11.3 Å². The second-order valence-electron chi connectivity index (χ2n) is 6.48. The van der Waals surface area contributed by atoms with Gasteiger partial charge in [0, 0.05) is 0 Å². The van der Waals surface area contributed by atoms with Crippen LogP contribution in [0.3, 0.4) is 0 Å². The molecule has 4 nitrogen and oxygen atoms in total. The summed E-state index contributed by atoms with van der Waals surface area (Å²) >= 11 is 0. The Morgan fingerprint density at radius 3 is 1.95 bits per heavy atom. The fourth-order valence-electron chi connectivity index (χ4n) is 2.66. The van der Waals surface area contributed by atoms with Gasteiger partial charge in [0.1, 0.15) is 0 Å². The van der Waals surface area contributed by atoms with Crippen molar-refractivity contribution in [1.29, 1.82) is 0 Å². The van der Waals surface area contributed by atoms with Gasteiger partial charge in [-0.25, -0.2) is 0 Å². The van der Waals surface area contributed by atoms with Gasteiger partial charge in [-0.2, -0.15) is 0 Å². The summed E-state index contributed by atoms with van der Waals surface area (Å²) in [5, 5.41) is 18.4. The smallest absolute Gasteiger partial charge is 0.310 e. The third kappa shape index (κ3) is 4.51. The van der Waals surface area contributed by atoms with E-state index in [0.717, 1.165) is 12.8 Å². The van der Waals surface area contributed by atoms with Crippen LogP contribution < -0.4 is 0 Å². The van der Waals surface area contributed by atoms with Crippen LogP contribution >= 0.6 is 0 Å². The van der Waals surface area contributed by atoms with Crippen molar-refractivity contribution in [3.63, 3.8) is 0 Å². The van der Waals surface area contributed by atoms with Crippen LogP contribution in [-0.2, 0) is 9.59 Å². The molecule has 0 bridgehead atoms. The molecule has 0 saturated heterocycles. The van der Waals surface area contributed by atoms with Crippen LogP contribution in [-0.4, -0.2) is 22.2 Å². The van der Waals surface area contributed by atoms with E-state index >= 15 is 0 Å². The Bertz CT molecular complexity index is 317. The highest BCUT2D eigenvalue weighted by atomic mass is 16.4. The summed E-state index contributed by atoms with van der Waals surface area (Å²) in [7, 11) is 0. The number of rotatable bonds is 8. The van der Waals surface area contributed by atoms with E-state index in [0.29, 0.717) is 19.3 Å². The molecule has 0 amide bonds. The normalized spacial score (nSPS) is 16.7. The Morgan fingerprint density at radius 1 is 1.11 bits per heavy atom. The molecule has 0 aromatic heterocycles. The molecule has 0 fully saturated rings. The number of carboxylic acids is 2. The molecular weight excluding hydrogens is 244 g/mol. The molecule has 4 heteroatoms. The van der Waals surface area contributed by atoms with Gasteiger partial charge in [-0.05, 0) is 24.7 Å². The Labute approximate surface area is 116 Å². The molecular formula is C15H28O4. The molecule has 0 aromatic carbocycles. The Morgan fingerprint density at radius 2 is 1.63 bits per heavy atom. The van der Waals surface area contributed by atoms with Crippen LogP contribution in [0.4, 0.5) is 0 Å². The van der Waals surface area contributed by atoms with Crippen LogP contribution in [0.1, 0.15) is 66.7 Å². The van der Waals surface area contributed by atoms with Crippen molar-refractivity contribution < 1.29 is 19.8 Å². The van der Waals surface area contributed by atoms with Gasteiger partial charge in [-0.15, -0.1) is 0 Å². The van der Waals surface area contributed by atoms with E-state index in [9.17, 15) is 14.7 Å². The molecule has 2 atom stereocenters. The first-order valence-electron chi connectivity index (χ1n) is 7.04. The highest BCUT2D eigenvalue weighted by Crippen LogP contribution is 2.46. The summed E-state index contributed by atoms with van der Waals surface area (Å²) in [6.45, 7) is 9.50. The number of hydrogen-bond acceptors (Lipinski definition) is 2. The molecule has 2 N–H and O–H groups in total. The fraction of sp³-hybridized carbons (Fsp3) is 0.867. The highest BCUT2D eigenvalue weighted by molar-refractivity contribution is 5.75. The Hall–Kier alpha value is -1.06. The van der Waals surface area contributed by atoms with E-state index in [-0.39, 0.29) is 11.3 Å². The zero-order chi connectivity index (χ0) is 15.3. The maximum atomic E-state index is 11.6. The average molecular weight is 272 g/mol. The molecule has 0 aliphatic rings. The van der Waals surface area contributed by atoms with Crippen LogP contribution in [0, 0.1) is 16.7 Å². The lowest BCUT2D eigenvalue weighted by atomic mass is 9.62. The summed E-state index contributed by atoms with van der Waals surface area (Å²) in [6, 6.07) is 0. The van der Waals surface area contributed by atoms with Gasteiger partial charge in [0.15, 0.2) is 0 Å².